The molecule has 0 aliphatic carbocycles. The molecule has 0 amide bonds. The second kappa shape index (κ2) is 4.28. The molecule has 0 atom stereocenters. The number of anilines is 1. The van der Waals surface area contributed by atoms with Crippen molar-refractivity contribution >= 4 is 5.69 Å². The molecule has 0 aliphatic rings. The Labute approximate surface area is 79.1 Å². The number of nitrogens with one attached hydrogen (secondary N) is 3. The highest BCUT2D eigenvalue weighted by Crippen LogP contribution is 2.00. The average molecular weight is 182 g/mol. The summed E-state index contributed by atoms with van der Waals surface area (Å²) in [4.78, 5) is 0. The van der Waals surface area contributed by atoms with Crippen molar-refractivity contribution in [1.82, 2.24) is 15.5 Å². The average Bonchev–Trinajstić information content (AvgIpc) is 2.48. The van der Waals surface area contributed by atoms with E-state index in [1.54, 1.807) is 6.20 Å². The minimum atomic E-state index is 0.193. The van der Waals surface area contributed by atoms with Gasteiger partial charge in [0.15, 0.2) is 0 Å². The van der Waals surface area contributed by atoms with E-state index in [4.69, 9.17) is 0 Å². The predicted molar refractivity (Wildman–Crippen MR) is 54.8 cm³/mol. The van der Waals surface area contributed by atoms with Gasteiger partial charge in [-0.3, -0.25) is 5.10 Å². The van der Waals surface area contributed by atoms with Gasteiger partial charge in [0.2, 0.25) is 0 Å². The lowest BCUT2D eigenvalue weighted by Gasteiger charge is -2.20. The Kier molecular flexibility index (Phi) is 3.31. The molecule has 4 heteroatoms. The molecule has 1 rings (SSSR count). The van der Waals surface area contributed by atoms with Crippen LogP contribution in [0.3, 0.4) is 0 Å². The molecule has 13 heavy (non-hydrogen) atoms. The van der Waals surface area contributed by atoms with Crippen LogP contribution in [-0.4, -0.2) is 28.8 Å². The van der Waals surface area contributed by atoms with E-state index < -0.39 is 0 Å². The standard InChI is InChI=1S/C9H18N4/c1-9(2,3)11-5-4-10-8-6-12-13-7-8/h6-7,10-11H,4-5H2,1-3H3,(H,12,13). The maximum absolute atomic E-state index is 3.84. The zero-order valence-electron chi connectivity index (χ0n) is 8.52. The Morgan fingerprint density at radius 3 is 2.69 bits per heavy atom. The Morgan fingerprint density at radius 2 is 2.15 bits per heavy atom. The van der Waals surface area contributed by atoms with Crippen LogP contribution in [0.2, 0.25) is 0 Å². The van der Waals surface area contributed by atoms with Crippen LogP contribution in [0, 0.1) is 0 Å². The van der Waals surface area contributed by atoms with E-state index in [9.17, 15) is 0 Å². The second-order valence-corrected chi connectivity index (χ2v) is 4.09. The Balaban J connectivity index is 2.09. The number of rotatable bonds is 4. The normalized spacial score (nSPS) is 11.6. The maximum atomic E-state index is 3.84. The first-order valence-corrected chi connectivity index (χ1v) is 4.55. The van der Waals surface area contributed by atoms with Crippen molar-refractivity contribution in [3.05, 3.63) is 12.4 Å². The minimum absolute atomic E-state index is 0.193. The molecule has 0 bridgehead atoms. The lowest BCUT2D eigenvalue weighted by Crippen LogP contribution is -2.38. The lowest BCUT2D eigenvalue weighted by atomic mass is 10.1. The topological polar surface area (TPSA) is 52.7 Å². The van der Waals surface area contributed by atoms with Crippen LogP contribution >= 0.6 is 0 Å². The molecule has 74 valence electrons. The fourth-order valence-corrected chi connectivity index (χ4v) is 0.992. The molecule has 3 N–H and O–H groups in total. The van der Waals surface area contributed by atoms with Crippen molar-refractivity contribution in [3.8, 4) is 0 Å². The molecule has 0 spiro atoms. The van der Waals surface area contributed by atoms with Gasteiger partial charge in [0.1, 0.15) is 0 Å². The third-order valence-electron chi connectivity index (χ3n) is 1.61. The fourth-order valence-electron chi connectivity index (χ4n) is 0.992. The van der Waals surface area contributed by atoms with Gasteiger partial charge in [-0.05, 0) is 20.8 Å². The van der Waals surface area contributed by atoms with E-state index in [0.717, 1.165) is 18.8 Å². The van der Waals surface area contributed by atoms with E-state index in [1.165, 1.54) is 0 Å². The largest absolute Gasteiger partial charge is 0.381 e. The van der Waals surface area contributed by atoms with E-state index in [-0.39, 0.29) is 5.54 Å². The summed E-state index contributed by atoms with van der Waals surface area (Å²) in [7, 11) is 0. The van der Waals surface area contributed by atoms with Gasteiger partial charge in [0, 0.05) is 24.8 Å². The number of nitrogens with zero attached hydrogens (tertiary/aromatic N) is 1. The Hall–Kier alpha value is -1.03. The molecule has 0 aromatic carbocycles. The van der Waals surface area contributed by atoms with Gasteiger partial charge in [-0.25, -0.2) is 0 Å². The summed E-state index contributed by atoms with van der Waals surface area (Å²) >= 11 is 0. The van der Waals surface area contributed by atoms with Crippen LogP contribution in [0.25, 0.3) is 0 Å². The number of aromatic nitrogens is 2. The fraction of sp³-hybridized carbons (Fsp3) is 0.667. The Morgan fingerprint density at radius 1 is 1.38 bits per heavy atom. The van der Waals surface area contributed by atoms with Gasteiger partial charge < -0.3 is 10.6 Å². The highest BCUT2D eigenvalue weighted by molar-refractivity contribution is 5.37. The maximum Gasteiger partial charge on any atom is 0.0724 e. The molecule has 1 heterocycles. The first-order valence-electron chi connectivity index (χ1n) is 4.55. The summed E-state index contributed by atoms with van der Waals surface area (Å²) in [6, 6.07) is 0. The quantitative estimate of drug-likeness (QED) is 0.613. The molecule has 0 saturated heterocycles. The van der Waals surface area contributed by atoms with Gasteiger partial charge in [-0.15, -0.1) is 0 Å². The number of H-pyrrole nitrogens is 1. The Bertz CT molecular complexity index is 222. The second-order valence-electron chi connectivity index (χ2n) is 4.09. The highest BCUT2D eigenvalue weighted by atomic mass is 15.1. The molecule has 4 nitrogen and oxygen atoms in total. The predicted octanol–water partition coefficient (Wildman–Crippen LogP) is 1.21. The molecule has 0 aliphatic heterocycles. The van der Waals surface area contributed by atoms with E-state index in [2.05, 4.69) is 41.6 Å². The van der Waals surface area contributed by atoms with Crippen molar-refractivity contribution in [1.29, 1.82) is 0 Å². The van der Waals surface area contributed by atoms with Crippen LogP contribution in [0.1, 0.15) is 20.8 Å². The zero-order valence-corrected chi connectivity index (χ0v) is 8.52. The smallest absolute Gasteiger partial charge is 0.0724 e. The number of hydrogen-bond donors (Lipinski definition) is 3. The van der Waals surface area contributed by atoms with Crippen molar-refractivity contribution in [2.45, 2.75) is 26.3 Å². The molecule has 1 aromatic heterocycles. The number of aromatic amines is 1. The third-order valence-corrected chi connectivity index (χ3v) is 1.61. The summed E-state index contributed by atoms with van der Waals surface area (Å²) in [6.45, 7) is 8.34. The highest BCUT2D eigenvalue weighted by Gasteiger charge is 2.06. The van der Waals surface area contributed by atoms with Gasteiger partial charge in [-0.2, -0.15) is 5.10 Å². The first-order chi connectivity index (χ1) is 6.08. The summed E-state index contributed by atoms with van der Waals surface area (Å²) < 4.78 is 0. The van der Waals surface area contributed by atoms with Gasteiger partial charge in [-0.1, -0.05) is 0 Å². The van der Waals surface area contributed by atoms with Crippen molar-refractivity contribution in [2.24, 2.45) is 0 Å². The summed E-state index contributed by atoms with van der Waals surface area (Å²) in [5, 5.41) is 13.2. The van der Waals surface area contributed by atoms with Crippen LogP contribution in [-0.2, 0) is 0 Å². The molecule has 0 fully saturated rings. The monoisotopic (exact) mass is 182 g/mol. The lowest BCUT2D eigenvalue weighted by molar-refractivity contribution is 0.435. The van der Waals surface area contributed by atoms with Crippen LogP contribution in [0.4, 0.5) is 5.69 Å². The van der Waals surface area contributed by atoms with E-state index in [0.29, 0.717) is 0 Å². The van der Waals surface area contributed by atoms with E-state index in [1.807, 2.05) is 6.20 Å². The molecule has 0 saturated carbocycles. The summed E-state index contributed by atoms with van der Waals surface area (Å²) in [6.07, 6.45) is 3.62. The van der Waals surface area contributed by atoms with Crippen LogP contribution in [0.5, 0.6) is 0 Å². The van der Waals surface area contributed by atoms with Gasteiger partial charge >= 0.3 is 0 Å². The molecular formula is C9H18N4. The van der Waals surface area contributed by atoms with Crippen molar-refractivity contribution in [3.63, 3.8) is 0 Å². The summed E-state index contributed by atoms with van der Waals surface area (Å²) in [5.41, 5.74) is 1.23. The zero-order chi connectivity index (χ0) is 9.73. The van der Waals surface area contributed by atoms with Crippen LogP contribution in [0.15, 0.2) is 12.4 Å². The molecule has 0 radical (unpaired) electrons. The number of hydrogen-bond acceptors (Lipinski definition) is 3. The summed E-state index contributed by atoms with van der Waals surface area (Å²) in [5.74, 6) is 0. The first kappa shape index (κ1) is 10.1. The SMILES string of the molecule is CC(C)(C)NCCNc1cn[nH]c1. The third kappa shape index (κ3) is 4.52. The molecule has 1 aromatic rings. The van der Waals surface area contributed by atoms with Crippen molar-refractivity contribution < 1.29 is 0 Å². The minimum Gasteiger partial charge on any atom is -0.381 e. The molecule has 0 unspecified atom stereocenters. The van der Waals surface area contributed by atoms with Gasteiger partial charge in [0.25, 0.3) is 0 Å². The molecular weight excluding hydrogens is 164 g/mol. The van der Waals surface area contributed by atoms with Crippen LogP contribution < -0.4 is 10.6 Å². The van der Waals surface area contributed by atoms with Gasteiger partial charge in [0.05, 0.1) is 11.9 Å². The van der Waals surface area contributed by atoms with E-state index >= 15 is 0 Å². The van der Waals surface area contributed by atoms with Crippen molar-refractivity contribution in [2.75, 3.05) is 18.4 Å².